The van der Waals surface area contributed by atoms with Crippen LogP contribution in [0.5, 0.6) is 0 Å². The van der Waals surface area contributed by atoms with Gasteiger partial charge >= 0.3 is 36.2 Å². The highest BCUT2D eigenvalue weighted by Crippen LogP contribution is 2.28. The van der Waals surface area contributed by atoms with Crippen molar-refractivity contribution in [3.05, 3.63) is 0 Å². The molecule has 143 valence electrons. The predicted octanol–water partition coefficient (Wildman–Crippen LogP) is -3.90. The summed E-state index contributed by atoms with van der Waals surface area (Å²) in [4.78, 5) is 50.2. The molecule has 19 heteroatoms. The molecule has 0 aliphatic carbocycles. The van der Waals surface area contributed by atoms with Gasteiger partial charge in [0.1, 0.15) is 0 Å². The Morgan fingerprint density at radius 1 is 0.880 bits per heavy atom. The Balaban J connectivity index is 6.31. The van der Waals surface area contributed by atoms with Gasteiger partial charge in [0.2, 0.25) is 26.6 Å². The van der Waals surface area contributed by atoms with Crippen LogP contribution in [0, 0.1) is 0 Å². The Hall–Kier alpha value is 1.81. The van der Waals surface area contributed by atoms with E-state index in [0.717, 1.165) is 0 Å². The lowest BCUT2D eigenvalue weighted by atomic mass is 11.9. The Morgan fingerprint density at radius 3 is 1.68 bits per heavy atom. The van der Waals surface area contributed by atoms with Crippen molar-refractivity contribution < 1.29 is 40.4 Å². The number of hydrogen-bond acceptors (Lipinski definition) is 9. The molecule has 0 saturated heterocycles. The van der Waals surface area contributed by atoms with E-state index in [1.165, 1.54) is 0 Å². The molecular formula is C6H25O9Si10. The normalized spacial score (nSPS) is 16.1. The first-order valence-electron chi connectivity index (χ1n) is 7.38. The van der Waals surface area contributed by atoms with Gasteiger partial charge in [-0.15, -0.1) is 0 Å². The first kappa shape index (κ1) is 26.8. The lowest BCUT2D eigenvalue weighted by Gasteiger charge is -2.47. The fourth-order valence-corrected chi connectivity index (χ4v) is 87.7. The molecule has 0 aromatic carbocycles. The molecule has 0 aromatic rings. The maximum Gasteiger partial charge on any atom is 0.420 e. The van der Waals surface area contributed by atoms with E-state index in [1.54, 1.807) is 0 Å². The summed E-state index contributed by atoms with van der Waals surface area (Å²) < 4.78 is 23.6. The fraction of sp³-hybridized carbons (Fsp3) is 1.00. The Morgan fingerprint density at radius 2 is 1.36 bits per heavy atom. The fourth-order valence-electron chi connectivity index (χ4n) is 2.19. The topological polar surface area (TPSA) is 138 Å². The minimum absolute atomic E-state index is 0.849. The molecule has 9 radical (unpaired) electrons. The number of rotatable bonds is 13. The van der Waals surface area contributed by atoms with E-state index in [4.69, 9.17) is 16.5 Å². The second-order valence-electron chi connectivity index (χ2n) is 6.12. The van der Waals surface area contributed by atoms with Gasteiger partial charge in [-0.1, -0.05) is 13.1 Å². The summed E-state index contributed by atoms with van der Waals surface area (Å²) in [5.74, 6) is 0. The molecule has 1 unspecified atom stereocenters. The summed E-state index contributed by atoms with van der Waals surface area (Å²) in [6.45, 7) is 7.93. The first-order valence-corrected chi connectivity index (χ1v) is 29.9. The lowest BCUT2D eigenvalue weighted by Crippen LogP contribution is -2.86. The molecule has 0 aromatic heterocycles. The third kappa shape index (κ3) is 6.97. The average molecular weight is 522 g/mol. The molecule has 5 N–H and O–H groups in total. The maximum atomic E-state index is 11.1. The van der Waals surface area contributed by atoms with Crippen molar-refractivity contribution in [2.45, 2.75) is 39.3 Å². The van der Waals surface area contributed by atoms with Crippen molar-refractivity contribution in [3.63, 3.8) is 0 Å². The van der Waals surface area contributed by atoms with Crippen LogP contribution in [0.25, 0.3) is 0 Å². The summed E-state index contributed by atoms with van der Waals surface area (Å²) in [5.41, 5.74) is 0. The van der Waals surface area contributed by atoms with E-state index in [-0.39, 0.29) is 0 Å². The smallest absolute Gasteiger partial charge is 0.420 e. The average Bonchev–Trinajstić information content (AvgIpc) is 2.49. The summed E-state index contributed by atoms with van der Waals surface area (Å²) >= 11 is 0. The molecular weight excluding hydrogens is 497 g/mol. The highest BCUT2D eigenvalue weighted by Gasteiger charge is 2.70. The van der Waals surface area contributed by atoms with E-state index >= 15 is 0 Å². The summed E-state index contributed by atoms with van der Waals surface area (Å²) in [6.07, 6.45) is 0. The predicted molar refractivity (Wildman–Crippen MR) is 111 cm³/mol. The molecule has 0 fully saturated rings. The van der Waals surface area contributed by atoms with Crippen molar-refractivity contribution in [1.29, 1.82) is 0 Å². The van der Waals surface area contributed by atoms with Crippen molar-refractivity contribution >= 4 is 87.0 Å². The van der Waals surface area contributed by atoms with Gasteiger partial charge in [0.05, 0.1) is 8.31 Å². The molecule has 0 bridgehead atoms. The molecule has 25 heavy (non-hydrogen) atoms. The molecule has 0 saturated carbocycles. The van der Waals surface area contributed by atoms with E-state index in [0.29, 0.717) is 0 Å². The standard InChI is InChI=1S/C6H25O9Si10/c1-20(2)14-23(5,6)15-24(12-16-7,22(11)21(3)4)25(18-9,19-10)13-17-8/h7-11,20-21H,1-6H3. The van der Waals surface area contributed by atoms with Gasteiger partial charge in [0.15, 0.2) is 9.04 Å². The van der Waals surface area contributed by atoms with Crippen LogP contribution in [0.2, 0.25) is 39.3 Å². The van der Waals surface area contributed by atoms with Gasteiger partial charge in [-0.2, -0.15) is 0 Å². The van der Waals surface area contributed by atoms with Crippen LogP contribution in [0.15, 0.2) is 0 Å². The van der Waals surface area contributed by atoms with Gasteiger partial charge < -0.3 is 40.4 Å². The van der Waals surface area contributed by atoms with Crippen molar-refractivity contribution in [1.82, 2.24) is 0 Å². The van der Waals surface area contributed by atoms with Crippen LogP contribution >= 0.6 is 0 Å². The number of hydrogen-bond donors (Lipinski definition) is 5. The van der Waals surface area contributed by atoms with Gasteiger partial charge in [-0.25, -0.2) is 0 Å². The third-order valence-corrected chi connectivity index (χ3v) is 64.2. The second kappa shape index (κ2) is 11.7. The Bertz CT molecular complexity index is 384. The van der Waals surface area contributed by atoms with Gasteiger partial charge in [0, 0.05) is 0 Å². The van der Waals surface area contributed by atoms with Crippen LogP contribution in [-0.2, 0) is 16.5 Å². The third-order valence-electron chi connectivity index (χ3n) is 2.96. The zero-order valence-corrected chi connectivity index (χ0v) is 25.3. The van der Waals surface area contributed by atoms with E-state index < -0.39 is 87.0 Å². The second-order valence-corrected chi connectivity index (χ2v) is 46.9. The lowest BCUT2D eigenvalue weighted by molar-refractivity contribution is 0.331. The zero-order valence-electron chi connectivity index (χ0n) is 15.0. The molecule has 0 aliphatic rings. The van der Waals surface area contributed by atoms with Crippen molar-refractivity contribution in [3.8, 4) is 0 Å². The first-order chi connectivity index (χ1) is 11.5. The van der Waals surface area contributed by atoms with Crippen molar-refractivity contribution in [2.24, 2.45) is 0 Å². The molecule has 0 amide bonds. The zero-order chi connectivity index (χ0) is 19.9. The van der Waals surface area contributed by atoms with Crippen LogP contribution in [0.4, 0.5) is 0 Å². The van der Waals surface area contributed by atoms with Crippen molar-refractivity contribution in [2.75, 3.05) is 0 Å². The Labute approximate surface area is 166 Å². The van der Waals surface area contributed by atoms with Gasteiger partial charge in [-0.3, -0.25) is 0 Å². The summed E-state index contributed by atoms with van der Waals surface area (Å²) in [7, 11) is -15.6. The van der Waals surface area contributed by atoms with Crippen LogP contribution in [0.1, 0.15) is 0 Å². The minimum atomic E-state index is -3.74. The highest BCUT2D eigenvalue weighted by molar-refractivity contribution is 7.87. The highest BCUT2D eigenvalue weighted by atomic mass is 30.1. The molecule has 9 nitrogen and oxygen atoms in total. The van der Waals surface area contributed by atoms with E-state index in [2.05, 4.69) is 0 Å². The molecule has 0 rings (SSSR count). The van der Waals surface area contributed by atoms with E-state index in [9.17, 15) is 24.0 Å². The van der Waals surface area contributed by atoms with Crippen LogP contribution in [-0.4, -0.2) is 111 Å². The maximum absolute atomic E-state index is 11.1. The quantitative estimate of drug-likeness (QED) is 0.154. The summed E-state index contributed by atoms with van der Waals surface area (Å²) in [6, 6.07) is 0. The van der Waals surface area contributed by atoms with Crippen LogP contribution in [0.3, 0.4) is 0 Å². The van der Waals surface area contributed by atoms with Crippen LogP contribution < -0.4 is 0 Å². The summed E-state index contributed by atoms with van der Waals surface area (Å²) in [5, 5.41) is 0. The largest absolute Gasteiger partial charge is 0.440 e. The van der Waals surface area contributed by atoms with E-state index in [1.807, 2.05) is 39.3 Å². The monoisotopic (exact) mass is 521 g/mol. The Kier molecular flexibility index (Phi) is 12.6. The molecule has 0 spiro atoms. The van der Waals surface area contributed by atoms with Gasteiger partial charge in [0.25, 0.3) is 6.87 Å². The molecule has 0 aliphatic heterocycles. The minimum Gasteiger partial charge on any atom is -0.440 e. The van der Waals surface area contributed by atoms with Gasteiger partial charge in [-0.05, 0) is 26.2 Å². The molecule has 0 heterocycles. The SMILES string of the molecule is C[SiH](C)O[Si](C)(C)O[Si](O[Si]O)([Si](O)[SiH](C)C)[Si](O[Si]O)([Si]O)[Si]O. The molecule has 1 atom stereocenters.